The van der Waals surface area contributed by atoms with E-state index in [1.807, 2.05) is 66.7 Å². The average molecular weight is 677 g/mol. The number of nitrogens with zero attached hydrogens (tertiary/aromatic N) is 4. The lowest BCUT2D eigenvalue weighted by molar-refractivity contribution is -0.170. The number of amides is 4. The summed E-state index contributed by atoms with van der Waals surface area (Å²) in [6, 6.07) is 25.8. The zero-order valence-electron chi connectivity index (χ0n) is 28.6. The summed E-state index contributed by atoms with van der Waals surface area (Å²) in [7, 11) is 1.58. The number of aromatic nitrogens is 1. The Hall–Kier alpha value is -5.71. The van der Waals surface area contributed by atoms with Crippen molar-refractivity contribution in [3.8, 4) is 5.75 Å². The lowest BCUT2D eigenvalue weighted by Gasteiger charge is -2.45. The summed E-state index contributed by atoms with van der Waals surface area (Å²) in [6.07, 6.45) is 1.72. The number of pyridine rings is 1. The highest BCUT2D eigenvalue weighted by atomic mass is 16.6. The van der Waals surface area contributed by atoms with Crippen molar-refractivity contribution in [3.63, 3.8) is 0 Å². The normalized spacial score (nSPS) is 16.7. The molecule has 1 fully saturated rings. The zero-order valence-corrected chi connectivity index (χ0v) is 28.6. The van der Waals surface area contributed by atoms with Crippen molar-refractivity contribution < 1.29 is 33.4 Å². The molecule has 11 heteroatoms. The Labute approximate surface area is 291 Å². The summed E-state index contributed by atoms with van der Waals surface area (Å²) < 4.78 is 16.7. The first-order valence-corrected chi connectivity index (χ1v) is 16.5. The van der Waals surface area contributed by atoms with E-state index in [9.17, 15) is 19.2 Å². The maximum Gasteiger partial charge on any atom is 0.416 e. The molecule has 2 atom stereocenters. The Morgan fingerprint density at radius 3 is 2.34 bits per heavy atom. The molecule has 0 spiro atoms. The molecule has 2 aliphatic heterocycles. The maximum absolute atomic E-state index is 13.9. The van der Waals surface area contributed by atoms with Crippen LogP contribution in [0, 0.1) is 5.92 Å². The van der Waals surface area contributed by atoms with Gasteiger partial charge in [-0.05, 0) is 86.2 Å². The first-order valence-electron chi connectivity index (χ1n) is 16.5. The SMILES string of the molecule is COc1ccc(CN(C(=O)OC(C)(C)C)c2cc(C[C@H]3C(=O)N(C(=O)N4CCc5ccccc54)[C@@H]3C(=O)OCc3ccccc3)ccn2)cc1. The third-order valence-corrected chi connectivity index (χ3v) is 8.66. The smallest absolute Gasteiger partial charge is 0.416 e. The van der Waals surface area contributed by atoms with Gasteiger partial charge in [-0.25, -0.2) is 24.3 Å². The molecule has 4 aromatic rings. The fraction of sp³-hybridized carbons (Fsp3) is 0.308. The minimum atomic E-state index is -1.13. The predicted molar refractivity (Wildman–Crippen MR) is 187 cm³/mol. The Morgan fingerprint density at radius 1 is 0.900 bits per heavy atom. The molecule has 0 radical (unpaired) electrons. The Morgan fingerprint density at radius 2 is 1.62 bits per heavy atom. The third-order valence-electron chi connectivity index (χ3n) is 8.66. The molecule has 2 aliphatic rings. The van der Waals surface area contributed by atoms with Crippen LogP contribution in [0.5, 0.6) is 5.75 Å². The summed E-state index contributed by atoms with van der Waals surface area (Å²) in [6.45, 7) is 5.92. The topological polar surface area (TPSA) is 119 Å². The fourth-order valence-corrected chi connectivity index (χ4v) is 6.17. The molecular formula is C39H40N4O7. The molecule has 3 heterocycles. The first kappa shape index (κ1) is 34.2. The van der Waals surface area contributed by atoms with Gasteiger partial charge >= 0.3 is 18.1 Å². The van der Waals surface area contributed by atoms with Crippen LogP contribution in [-0.4, -0.2) is 59.2 Å². The van der Waals surface area contributed by atoms with E-state index in [2.05, 4.69) is 4.98 Å². The number of anilines is 2. The number of esters is 1. The van der Waals surface area contributed by atoms with E-state index < -0.39 is 41.6 Å². The van der Waals surface area contributed by atoms with E-state index in [4.69, 9.17) is 14.2 Å². The van der Waals surface area contributed by atoms with Crippen LogP contribution in [0.25, 0.3) is 0 Å². The number of carbonyl (C=O) groups is 4. The van der Waals surface area contributed by atoms with Gasteiger partial charge in [0.05, 0.1) is 19.6 Å². The van der Waals surface area contributed by atoms with Crippen LogP contribution < -0.4 is 14.5 Å². The molecule has 4 amide bonds. The number of fused-ring (bicyclic) bond motifs is 1. The number of imide groups is 1. The lowest BCUT2D eigenvalue weighted by Crippen LogP contribution is -2.69. The molecule has 0 aliphatic carbocycles. The van der Waals surface area contributed by atoms with E-state index in [0.29, 0.717) is 30.1 Å². The molecule has 1 aromatic heterocycles. The Balaban J connectivity index is 1.26. The molecule has 0 saturated carbocycles. The number of hydrogen-bond donors (Lipinski definition) is 0. The number of para-hydroxylation sites is 1. The van der Waals surface area contributed by atoms with Gasteiger partial charge in [-0.1, -0.05) is 60.7 Å². The van der Waals surface area contributed by atoms with Crippen molar-refractivity contribution in [3.05, 3.63) is 119 Å². The largest absolute Gasteiger partial charge is 0.497 e. The van der Waals surface area contributed by atoms with Gasteiger partial charge in [0.25, 0.3) is 0 Å². The molecule has 0 N–H and O–H groups in total. The van der Waals surface area contributed by atoms with Crippen LogP contribution in [0.4, 0.5) is 21.1 Å². The van der Waals surface area contributed by atoms with Crippen molar-refractivity contribution in [2.24, 2.45) is 5.92 Å². The van der Waals surface area contributed by atoms with Crippen molar-refractivity contribution in [1.82, 2.24) is 9.88 Å². The summed E-state index contributed by atoms with van der Waals surface area (Å²) in [5.74, 6) is -1.01. The number of rotatable bonds is 9. The highest BCUT2D eigenvalue weighted by Crippen LogP contribution is 2.36. The van der Waals surface area contributed by atoms with Gasteiger partial charge in [-0.2, -0.15) is 0 Å². The number of methoxy groups -OCH3 is 1. The zero-order chi connectivity index (χ0) is 35.4. The van der Waals surface area contributed by atoms with E-state index in [1.165, 1.54) is 4.90 Å². The summed E-state index contributed by atoms with van der Waals surface area (Å²) in [5, 5.41) is 0. The van der Waals surface area contributed by atoms with Crippen molar-refractivity contribution >= 4 is 35.5 Å². The highest BCUT2D eigenvalue weighted by molar-refractivity contribution is 6.12. The van der Waals surface area contributed by atoms with Gasteiger partial charge in [0, 0.05) is 18.4 Å². The van der Waals surface area contributed by atoms with Crippen molar-refractivity contribution in [2.45, 2.75) is 58.4 Å². The van der Waals surface area contributed by atoms with Gasteiger partial charge in [0.2, 0.25) is 5.91 Å². The molecular weight excluding hydrogens is 636 g/mol. The van der Waals surface area contributed by atoms with Crippen LogP contribution in [0.15, 0.2) is 97.2 Å². The minimum Gasteiger partial charge on any atom is -0.497 e. The number of hydrogen-bond acceptors (Lipinski definition) is 8. The number of β-lactam (4-membered cyclic amide) rings is 1. The summed E-state index contributed by atoms with van der Waals surface area (Å²) in [4.78, 5) is 63.3. The van der Waals surface area contributed by atoms with Gasteiger partial charge in [-0.15, -0.1) is 0 Å². The molecule has 0 bridgehead atoms. The molecule has 0 unspecified atom stereocenters. The van der Waals surface area contributed by atoms with Gasteiger partial charge in [0.15, 0.2) is 6.04 Å². The quantitative estimate of drug-likeness (QED) is 0.149. The van der Waals surface area contributed by atoms with Crippen LogP contribution in [0.1, 0.15) is 43.0 Å². The summed E-state index contributed by atoms with van der Waals surface area (Å²) in [5.41, 5.74) is 3.22. The molecule has 3 aromatic carbocycles. The molecule has 6 rings (SSSR count). The second-order valence-electron chi connectivity index (χ2n) is 13.3. The van der Waals surface area contributed by atoms with E-state index in [-0.39, 0.29) is 19.6 Å². The van der Waals surface area contributed by atoms with Gasteiger partial charge in [0.1, 0.15) is 23.8 Å². The lowest BCUT2D eigenvalue weighted by atomic mass is 9.82. The third kappa shape index (κ3) is 7.46. The van der Waals surface area contributed by atoms with Gasteiger partial charge in [-0.3, -0.25) is 14.6 Å². The van der Waals surface area contributed by atoms with Crippen molar-refractivity contribution in [1.29, 1.82) is 0 Å². The monoisotopic (exact) mass is 676 g/mol. The van der Waals surface area contributed by atoms with E-state index >= 15 is 0 Å². The Kier molecular flexibility index (Phi) is 9.85. The minimum absolute atomic E-state index is 0.00127. The molecule has 258 valence electrons. The summed E-state index contributed by atoms with van der Waals surface area (Å²) >= 11 is 0. The van der Waals surface area contributed by atoms with E-state index in [0.717, 1.165) is 27.3 Å². The van der Waals surface area contributed by atoms with Crippen LogP contribution >= 0.6 is 0 Å². The Bertz CT molecular complexity index is 1870. The second-order valence-corrected chi connectivity index (χ2v) is 13.3. The van der Waals surface area contributed by atoms with Gasteiger partial charge < -0.3 is 14.2 Å². The van der Waals surface area contributed by atoms with Crippen molar-refractivity contribution in [2.75, 3.05) is 23.5 Å². The fourth-order valence-electron chi connectivity index (χ4n) is 6.17. The molecule has 11 nitrogen and oxygen atoms in total. The standard InChI is InChI=1S/C39H40N4O7/c1-39(2,3)50-38(47)42(24-26-14-16-30(48-4)17-15-26)33-23-28(18-20-40-33)22-31-34(36(45)49-25-27-10-6-5-7-11-27)43(35(31)44)37(46)41-21-19-29-12-8-9-13-32(29)41/h5-18,20,23,31,34H,19,21-22,24-25H2,1-4H3/t31-,34+/m1/s1. The van der Waals surface area contributed by atoms with E-state index in [1.54, 1.807) is 63.2 Å². The predicted octanol–water partition coefficient (Wildman–Crippen LogP) is 6.33. The number of likely N-dealkylation sites (tertiary alicyclic amines) is 1. The number of carbonyl (C=O) groups excluding carboxylic acids is 4. The molecule has 50 heavy (non-hydrogen) atoms. The molecule has 1 saturated heterocycles. The number of urea groups is 1. The van der Waals surface area contributed by atoms with Crippen LogP contribution in [-0.2, 0) is 45.1 Å². The van der Waals surface area contributed by atoms with Crippen LogP contribution in [0.3, 0.4) is 0 Å². The maximum atomic E-state index is 13.9. The highest BCUT2D eigenvalue weighted by Gasteiger charge is 2.56. The second kappa shape index (κ2) is 14.4. The first-order chi connectivity index (χ1) is 24.0. The number of benzene rings is 3. The average Bonchev–Trinajstić information content (AvgIpc) is 3.55. The van der Waals surface area contributed by atoms with Crippen LogP contribution in [0.2, 0.25) is 0 Å². The number of ether oxygens (including phenoxy) is 3.